The molecule has 8 heteroatoms. The van der Waals surface area contributed by atoms with Crippen molar-refractivity contribution in [1.82, 2.24) is 5.32 Å². The Morgan fingerprint density at radius 2 is 1.42 bits per heavy atom. The van der Waals surface area contributed by atoms with Gasteiger partial charge in [0.15, 0.2) is 0 Å². The van der Waals surface area contributed by atoms with Crippen molar-refractivity contribution < 1.29 is 19.1 Å². The molecule has 6 nitrogen and oxygen atoms in total. The van der Waals surface area contributed by atoms with Crippen LogP contribution in [0.1, 0.15) is 47.9 Å². The highest BCUT2D eigenvalue weighted by Crippen LogP contribution is 2.33. The quantitative estimate of drug-likeness (QED) is 0.103. The first-order valence-corrected chi connectivity index (χ1v) is 15.1. The standard InChI is InChI=1S/C35H36Cl2N2O4/c1-25-13-15-26(16-14-25)23-42-29-19-17-27(18-20-29)24-43-34(41)12-3-2-6-21-38-33(40)22-28-8-4-5-11-32(28)39-35-30(36)9-7-10-31(35)37/h4-5,7-11,13-20,39H,2-3,6,12,21-24H2,1H3,(H,38,40). The van der Waals surface area contributed by atoms with E-state index in [0.29, 0.717) is 41.7 Å². The second-order valence-electron chi connectivity index (χ2n) is 10.3. The van der Waals surface area contributed by atoms with Gasteiger partial charge in [-0.05, 0) is 66.8 Å². The molecule has 0 aliphatic heterocycles. The zero-order chi connectivity index (χ0) is 30.4. The molecular weight excluding hydrogens is 583 g/mol. The first-order chi connectivity index (χ1) is 20.9. The molecule has 0 saturated heterocycles. The highest BCUT2D eigenvalue weighted by molar-refractivity contribution is 6.39. The van der Waals surface area contributed by atoms with Gasteiger partial charge in [-0.15, -0.1) is 0 Å². The van der Waals surface area contributed by atoms with E-state index in [1.807, 2.05) is 48.5 Å². The van der Waals surface area contributed by atoms with Gasteiger partial charge in [0.1, 0.15) is 19.0 Å². The summed E-state index contributed by atoms with van der Waals surface area (Å²) < 4.78 is 11.2. The van der Waals surface area contributed by atoms with Gasteiger partial charge in [-0.25, -0.2) is 0 Å². The number of halogens is 2. The van der Waals surface area contributed by atoms with Crippen molar-refractivity contribution in [2.24, 2.45) is 0 Å². The van der Waals surface area contributed by atoms with Crippen LogP contribution in [0.25, 0.3) is 0 Å². The van der Waals surface area contributed by atoms with Gasteiger partial charge in [-0.2, -0.15) is 0 Å². The number of amides is 1. The van der Waals surface area contributed by atoms with Crippen molar-refractivity contribution in [3.8, 4) is 5.75 Å². The zero-order valence-corrected chi connectivity index (χ0v) is 25.7. The molecule has 0 unspecified atom stereocenters. The van der Waals surface area contributed by atoms with Crippen LogP contribution in [0.5, 0.6) is 5.75 Å². The fraction of sp³-hybridized carbons (Fsp3) is 0.257. The van der Waals surface area contributed by atoms with E-state index in [9.17, 15) is 9.59 Å². The molecule has 43 heavy (non-hydrogen) atoms. The maximum Gasteiger partial charge on any atom is 0.306 e. The molecule has 0 heterocycles. The molecule has 0 spiro atoms. The maximum absolute atomic E-state index is 12.6. The molecule has 4 aromatic rings. The molecule has 0 bridgehead atoms. The number of esters is 1. The van der Waals surface area contributed by atoms with Crippen LogP contribution in [0, 0.1) is 6.92 Å². The van der Waals surface area contributed by atoms with Crippen molar-refractivity contribution in [1.29, 1.82) is 0 Å². The number of hydrogen-bond donors (Lipinski definition) is 2. The van der Waals surface area contributed by atoms with E-state index >= 15 is 0 Å². The van der Waals surface area contributed by atoms with Crippen LogP contribution >= 0.6 is 23.2 Å². The Hall–Kier alpha value is -4.00. The molecule has 0 saturated carbocycles. The van der Waals surface area contributed by atoms with E-state index in [1.54, 1.807) is 18.2 Å². The van der Waals surface area contributed by atoms with E-state index in [0.717, 1.165) is 41.0 Å². The summed E-state index contributed by atoms with van der Waals surface area (Å²) in [6.45, 7) is 3.33. The van der Waals surface area contributed by atoms with Crippen molar-refractivity contribution in [2.75, 3.05) is 11.9 Å². The SMILES string of the molecule is Cc1ccc(COc2ccc(COC(=O)CCCCCNC(=O)Cc3ccccc3Nc3c(Cl)cccc3Cl)cc2)cc1. The lowest BCUT2D eigenvalue weighted by atomic mass is 10.1. The minimum Gasteiger partial charge on any atom is -0.489 e. The van der Waals surface area contributed by atoms with Crippen molar-refractivity contribution >= 4 is 46.5 Å². The Bertz CT molecular complexity index is 1470. The van der Waals surface area contributed by atoms with E-state index < -0.39 is 0 Å². The van der Waals surface area contributed by atoms with Crippen LogP contribution < -0.4 is 15.4 Å². The topological polar surface area (TPSA) is 76.7 Å². The number of para-hydroxylation sites is 2. The summed E-state index contributed by atoms with van der Waals surface area (Å²) >= 11 is 12.6. The van der Waals surface area contributed by atoms with Crippen molar-refractivity contribution in [3.05, 3.63) is 123 Å². The third-order valence-corrected chi connectivity index (χ3v) is 7.45. The number of rotatable bonds is 15. The summed E-state index contributed by atoms with van der Waals surface area (Å²) in [5.74, 6) is 0.461. The zero-order valence-electron chi connectivity index (χ0n) is 24.2. The Morgan fingerprint density at radius 3 is 2.16 bits per heavy atom. The fourth-order valence-corrected chi connectivity index (χ4v) is 4.84. The number of aryl methyl sites for hydroxylation is 1. The van der Waals surface area contributed by atoms with Gasteiger partial charge in [0.2, 0.25) is 5.91 Å². The highest BCUT2D eigenvalue weighted by atomic mass is 35.5. The number of ether oxygens (including phenoxy) is 2. The number of hydrogen-bond acceptors (Lipinski definition) is 5. The molecule has 0 aliphatic rings. The number of carbonyl (C=O) groups is 2. The lowest BCUT2D eigenvalue weighted by Crippen LogP contribution is -2.26. The molecule has 0 atom stereocenters. The first kappa shape index (κ1) is 31.9. The number of carbonyl (C=O) groups excluding carboxylic acids is 2. The number of nitrogens with one attached hydrogen (secondary N) is 2. The lowest BCUT2D eigenvalue weighted by molar-refractivity contribution is -0.145. The summed E-state index contributed by atoms with van der Waals surface area (Å²) in [5.41, 5.74) is 5.45. The van der Waals surface area contributed by atoms with Crippen molar-refractivity contribution in [2.45, 2.75) is 52.2 Å². The Balaban J connectivity index is 1.08. The van der Waals surface area contributed by atoms with E-state index in [1.165, 1.54) is 5.56 Å². The number of benzene rings is 4. The van der Waals surface area contributed by atoms with Crippen LogP contribution in [0.4, 0.5) is 11.4 Å². The summed E-state index contributed by atoms with van der Waals surface area (Å²) in [7, 11) is 0. The third-order valence-electron chi connectivity index (χ3n) is 6.82. The first-order valence-electron chi connectivity index (χ1n) is 14.4. The molecule has 2 N–H and O–H groups in total. The predicted molar refractivity (Wildman–Crippen MR) is 173 cm³/mol. The minimum absolute atomic E-state index is 0.0783. The minimum atomic E-state index is -0.230. The fourth-order valence-electron chi connectivity index (χ4n) is 4.35. The molecule has 4 aromatic carbocycles. The summed E-state index contributed by atoms with van der Waals surface area (Å²) in [6, 6.07) is 28.7. The monoisotopic (exact) mass is 618 g/mol. The molecule has 0 radical (unpaired) electrons. The highest BCUT2D eigenvalue weighted by Gasteiger charge is 2.11. The third kappa shape index (κ3) is 10.7. The molecule has 0 aromatic heterocycles. The second kappa shape index (κ2) is 16.6. The predicted octanol–water partition coefficient (Wildman–Crippen LogP) is 8.59. The van der Waals surface area contributed by atoms with Gasteiger partial charge in [0.05, 0.1) is 22.2 Å². The molecule has 0 aliphatic carbocycles. The van der Waals surface area contributed by atoms with Crippen molar-refractivity contribution in [3.63, 3.8) is 0 Å². The number of anilines is 2. The normalized spacial score (nSPS) is 10.7. The Morgan fingerprint density at radius 1 is 0.744 bits per heavy atom. The van der Waals surface area contributed by atoms with Gasteiger partial charge in [-0.3, -0.25) is 9.59 Å². The summed E-state index contributed by atoms with van der Waals surface area (Å²) in [6.07, 6.45) is 2.85. The average molecular weight is 620 g/mol. The Kier molecular flexibility index (Phi) is 12.3. The van der Waals surface area contributed by atoms with Gasteiger partial charge < -0.3 is 20.1 Å². The maximum atomic E-state index is 12.6. The van der Waals surface area contributed by atoms with Gasteiger partial charge >= 0.3 is 5.97 Å². The molecule has 4 rings (SSSR count). The summed E-state index contributed by atoms with van der Waals surface area (Å²) in [5, 5.41) is 7.22. The van der Waals surface area contributed by atoms with Crippen LogP contribution in [-0.4, -0.2) is 18.4 Å². The van der Waals surface area contributed by atoms with Gasteiger partial charge in [0.25, 0.3) is 0 Å². The molecule has 1 amide bonds. The summed E-state index contributed by atoms with van der Waals surface area (Å²) in [4.78, 5) is 24.7. The number of unbranched alkanes of at least 4 members (excludes halogenated alkanes) is 2. The molecule has 224 valence electrons. The van der Waals surface area contributed by atoms with E-state index in [-0.39, 0.29) is 24.9 Å². The van der Waals surface area contributed by atoms with Crippen LogP contribution in [0.15, 0.2) is 91.0 Å². The lowest BCUT2D eigenvalue weighted by Gasteiger charge is -2.14. The van der Waals surface area contributed by atoms with Gasteiger partial charge in [-0.1, -0.05) is 95.8 Å². The van der Waals surface area contributed by atoms with E-state index in [4.69, 9.17) is 32.7 Å². The average Bonchev–Trinajstić information content (AvgIpc) is 3.01. The largest absolute Gasteiger partial charge is 0.489 e. The van der Waals surface area contributed by atoms with E-state index in [2.05, 4.69) is 41.8 Å². The second-order valence-corrected chi connectivity index (χ2v) is 11.1. The van der Waals surface area contributed by atoms with Gasteiger partial charge in [0, 0.05) is 18.7 Å². The smallest absolute Gasteiger partial charge is 0.306 e. The molecule has 0 fully saturated rings. The van der Waals surface area contributed by atoms with Crippen LogP contribution in [0.2, 0.25) is 10.0 Å². The Labute approximate surface area is 263 Å². The molecular formula is C35H36Cl2N2O4. The van der Waals surface area contributed by atoms with Crippen LogP contribution in [-0.2, 0) is 34.0 Å². The van der Waals surface area contributed by atoms with Crippen LogP contribution in [0.3, 0.4) is 0 Å².